The standard InChI is InChI=1S/C16H21N3OS/c1-10-5-8-15(21-10)11(2)18-14-7-6-12(9-13(14)17)16(20)19(3)4/h5-9,11,18H,17H2,1-4H3. The molecule has 0 fully saturated rings. The zero-order chi connectivity index (χ0) is 15.6. The lowest BCUT2D eigenvalue weighted by Gasteiger charge is -2.17. The maximum atomic E-state index is 11.9. The predicted molar refractivity (Wildman–Crippen MR) is 90.0 cm³/mol. The summed E-state index contributed by atoms with van der Waals surface area (Å²) in [6.45, 7) is 4.19. The topological polar surface area (TPSA) is 58.4 Å². The lowest BCUT2D eigenvalue weighted by molar-refractivity contribution is 0.0827. The zero-order valence-electron chi connectivity index (χ0n) is 12.8. The molecular weight excluding hydrogens is 282 g/mol. The van der Waals surface area contributed by atoms with E-state index in [4.69, 9.17) is 5.73 Å². The first-order chi connectivity index (χ1) is 9.88. The van der Waals surface area contributed by atoms with E-state index in [0.29, 0.717) is 11.3 Å². The summed E-state index contributed by atoms with van der Waals surface area (Å²) in [5.41, 5.74) is 8.10. The van der Waals surface area contributed by atoms with Gasteiger partial charge >= 0.3 is 0 Å². The van der Waals surface area contributed by atoms with Crippen LogP contribution in [0.2, 0.25) is 0 Å². The summed E-state index contributed by atoms with van der Waals surface area (Å²) in [6.07, 6.45) is 0. The molecule has 1 aromatic heterocycles. The Kier molecular flexibility index (Phi) is 4.53. The molecule has 0 aliphatic carbocycles. The van der Waals surface area contributed by atoms with Crippen LogP contribution in [0.5, 0.6) is 0 Å². The number of carbonyl (C=O) groups is 1. The molecule has 21 heavy (non-hydrogen) atoms. The fourth-order valence-electron chi connectivity index (χ4n) is 2.08. The molecule has 2 rings (SSSR count). The van der Waals surface area contributed by atoms with Gasteiger partial charge in [0.05, 0.1) is 17.4 Å². The van der Waals surface area contributed by atoms with Crippen LogP contribution >= 0.6 is 11.3 Å². The van der Waals surface area contributed by atoms with Crippen LogP contribution in [0.15, 0.2) is 30.3 Å². The van der Waals surface area contributed by atoms with Gasteiger partial charge in [0.2, 0.25) is 0 Å². The van der Waals surface area contributed by atoms with E-state index in [1.165, 1.54) is 9.75 Å². The summed E-state index contributed by atoms with van der Waals surface area (Å²) in [4.78, 5) is 16.0. The SMILES string of the molecule is Cc1ccc(C(C)Nc2ccc(C(=O)N(C)C)cc2N)s1. The summed E-state index contributed by atoms with van der Waals surface area (Å²) < 4.78 is 0. The van der Waals surface area contributed by atoms with Gasteiger partial charge in [0.1, 0.15) is 0 Å². The molecule has 0 spiro atoms. The van der Waals surface area contributed by atoms with Crippen molar-refractivity contribution in [3.05, 3.63) is 45.6 Å². The molecule has 1 unspecified atom stereocenters. The minimum absolute atomic E-state index is 0.0461. The van der Waals surface area contributed by atoms with Crippen LogP contribution in [0.1, 0.15) is 33.1 Å². The van der Waals surface area contributed by atoms with Crippen LogP contribution in [0.3, 0.4) is 0 Å². The van der Waals surface area contributed by atoms with Gasteiger partial charge in [0.15, 0.2) is 0 Å². The third-order valence-electron chi connectivity index (χ3n) is 3.26. The number of aryl methyl sites for hydroxylation is 1. The molecule has 1 amide bonds. The molecule has 2 aromatic rings. The first-order valence-corrected chi connectivity index (χ1v) is 7.64. The maximum Gasteiger partial charge on any atom is 0.253 e. The summed E-state index contributed by atoms with van der Waals surface area (Å²) in [5.74, 6) is -0.0461. The lowest BCUT2D eigenvalue weighted by Crippen LogP contribution is -2.21. The van der Waals surface area contributed by atoms with E-state index in [1.54, 1.807) is 42.5 Å². The number of nitrogens with one attached hydrogen (secondary N) is 1. The van der Waals surface area contributed by atoms with Gasteiger partial charge in [-0.25, -0.2) is 0 Å². The van der Waals surface area contributed by atoms with Gasteiger partial charge < -0.3 is 16.0 Å². The number of benzene rings is 1. The van der Waals surface area contributed by atoms with Crippen molar-refractivity contribution in [3.63, 3.8) is 0 Å². The first-order valence-electron chi connectivity index (χ1n) is 6.82. The Morgan fingerprint density at radius 2 is 2.00 bits per heavy atom. The van der Waals surface area contributed by atoms with Gasteiger partial charge in [-0.3, -0.25) is 4.79 Å². The Balaban J connectivity index is 2.16. The van der Waals surface area contributed by atoms with Crippen LogP contribution in [0.25, 0.3) is 0 Å². The van der Waals surface area contributed by atoms with Crippen LogP contribution in [-0.2, 0) is 0 Å². The molecule has 1 aromatic carbocycles. The van der Waals surface area contributed by atoms with Crippen molar-refractivity contribution in [2.75, 3.05) is 25.1 Å². The van der Waals surface area contributed by atoms with Crippen LogP contribution < -0.4 is 11.1 Å². The number of nitrogens with zero attached hydrogens (tertiary/aromatic N) is 1. The van der Waals surface area contributed by atoms with Crippen LogP contribution in [-0.4, -0.2) is 24.9 Å². The fraction of sp³-hybridized carbons (Fsp3) is 0.312. The number of nitrogens with two attached hydrogens (primary N) is 1. The fourth-order valence-corrected chi connectivity index (χ4v) is 2.96. The Morgan fingerprint density at radius 3 is 2.52 bits per heavy atom. The van der Waals surface area contributed by atoms with Gasteiger partial charge in [-0.15, -0.1) is 11.3 Å². The Hall–Kier alpha value is -2.01. The number of carbonyl (C=O) groups excluding carboxylic acids is 1. The normalized spacial score (nSPS) is 12.0. The molecule has 1 atom stereocenters. The van der Waals surface area contributed by atoms with Gasteiger partial charge in [-0.2, -0.15) is 0 Å². The summed E-state index contributed by atoms with van der Waals surface area (Å²) in [5, 5.41) is 3.40. The molecule has 1 heterocycles. The van der Waals surface area contributed by atoms with Gasteiger partial charge in [-0.1, -0.05) is 0 Å². The summed E-state index contributed by atoms with van der Waals surface area (Å²) in [6, 6.07) is 9.80. The van der Waals surface area contributed by atoms with E-state index in [1.807, 2.05) is 6.07 Å². The maximum absolute atomic E-state index is 11.9. The van der Waals surface area contributed by atoms with E-state index in [2.05, 4.69) is 31.3 Å². The molecule has 4 nitrogen and oxygen atoms in total. The van der Waals surface area contributed by atoms with Crippen molar-refractivity contribution in [1.29, 1.82) is 0 Å². The minimum atomic E-state index is -0.0461. The molecule has 0 saturated heterocycles. The minimum Gasteiger partial charge on any atom is -0.397 e. The second-order valence-corrected chi connectivity index (χ2v) is 6.64. The third kappa shape index (κ3) is 3.55. The number of hydrogen-bond acceptors (Lipinski definition) is 4. The number of amides is 1. The highest BCUT2D eigenvalue weighted by molar-refractivity contribution is 7.12. The Morgan fingerprint density at radius 1 is 1.29 bits per heavy atom. The van der Waals surface area contributed by atoms with Crippen molar-refractivity contribution in [2.45, 2.75) is 19.9 Å². The monoisotopic (exact) mass is 303 g/mol. The molecule has 112 valence electrons. The average molecular weight is 303 g/mol. The number of anilines is 2. The molecule has 5 heteroatoms. The Bertz CT molecular complexity index is 649. The summed E-state index contributed by atoms with van der Waals surface area (Å²) >= 11 is 1.77. The summed E-state index contributed by atoms with van der Waals surface area (Å²) in [7, 11) is 3.46. The molecule has 0 aliphatic rings. The average Bonchev–Trinajstić information content (AvgIpc) is 2.86. The molecule has 0 radical (unpaired) electrons. The van der Waals surface area contributed by atoms with Crippen molar-refractivity contribution in [2.24, 2.45) is 0 Å². The second kappa shape index (κ2) is 6.18. The first kappa shape index (κ1) is 15.4. The molecule has 0 saturated carbocycles. The highest BCUT2D eigenvalue weighted by Crippen LogP contribution is 2.28. The second-order valence-electron chi connectivity index (χ2n) is 5.32. The highest BCUT2D eigenvalue weighted by atomic mass is 32.1. The largest absolute Gasteiger partial charge is 0.397 e. The quantitative estimate of drug-likeness (QED) is 0.850. The van der Waals surface area contributed by atoms with Crippen molar-refractivity contribution in [3.8, 4) is 0 Å². The van der Waals surface area contributed by atoms with Crippen molar-refractivity contribution in [1.82, 2.24) is 4.90 Å². The lowest BCUT2D eigenvalue weighted by atomic mass is 10.1. The van der Waals surface area contributed by atoms with E-state index in [9.17, 15) is 4.79 Å². The smallest absolute Gasteiger partial charge is 0.253 e. The molecular formula is C16H21N3OS. The van der Waals surface area contributed by atoms with Crippen LogP contribution in [0, 0.1) is 6.92 Å². The zero-order valence-corrected chi connectivity index (χ0v) is 13.6. The van der Waals surface area contributed by atoms with E-state index in [0.717, 1.165) is 5.69 Å². The predicted octanol–water partition coefficient (Wildman–Crippen LogP) is 3.51. The van der Waals surface area contributed by atoms with E-state index >= 15 is 0 Å². The van der Waals surface area contributed by atoms with E-state index < -0.39 is 0 Å². The van der Waals surface area contributed by atoms with Gasteiger partial charge in [0.25, 0.3) is 5.91 Å². The number of nitrogen functional groups attached to an aromatic ring is 1. The number of thiophene rings is 1. The molecule has 0 aliphatic heterocycles. The van der Waals surface area contributed by atoms with Crippen LogP contribution in [0.4, 0.5) is 11.4 Å². The number of rotatable bonds is 4. The van der Waals surface area contributed by atoms with Gasteiger partial charge in [-0.05, 0) is 44.2 Å². The van der Waals surface area contributed by atoms with E-state index in [-0.39, 0.29) is 11.9 Å². The van der Waals surface area contributed by atoms with Crippen molar-refractivity contribution < 1.29 is 4.79 Å². The third-order valence-corrected chi connectivity index (χ3v) is 4.45. The van der Waals surface area contributed by atoms with Gasteiger partial charge in [0, 0.05) is 29.4 Å². The Labute approximate surface area is 129 Å². The highest BCUT2D eigenvalue weighted by Gasteiger charge is 2.12. The van der Waals surface area contributed by atoms with Crippen molar-refractivity contribution >= 4 is 28.6 Å². The number of hydrogen-bond donors (Lipinski definition) is 2. The molecule has 0 bridgehead atoms. The molecule has 3 N–H and O–H groups in total.